The van der Waals surface area contributed by atoms with Crippen LogP contribution in [0.15, 0.2) is 74.7 Å². The molecule has 0 N–H and O–H groups in total. The number of fused-ring (bicyclic) bond motifs is 4. The van der Waals surface area contributed by atoms with E-state index in [9.17, 15) is 13.6 Å². The first kappa shape index (κ1) is 24.3. The van der Waals surface area contributed by atoms with E-state index in [1.165, 1.54) is 10.7 Å². The summed E-state index contributed by atoms with van der Waals surface area (Å²) in [6.45, 7) is 1.91. The molecule has 0 radical (unpaired) electrons. The Morgan fingerprint density at radius 2 is 2.02 bits per heavy atom. The second kappa shape index (κ2) is 8.74. The Morgan fingerprint density at radius 1 is 1.15 bits per heavy atom. The molecule has 3 aromatic heterocycles. The van der Waals surface area contributed by atoms with Crippen LogP contribution in [0.5, 0.6) is 0 Å². The van der Waals surface area contributed by atoms with E-state index in [0.717, 1.165) is 40.5 Å². The fraction of sp³-hybridized carbons (Fsp3) is 0.241. The summed E-state index contributed by atoms with van der Waals surface area (Å²) < 4.78 is 34.8. The van der Waals surface area contributed by atoms with Crippen molar-refractivity contribution in [3.8, 4) is 16.9 Å². The molecule has 41 heavy (non-hydrogen) atoms. The van der Waals surface area contributed by atoms with E-state index in [4.69, 9.17) is 26.1 Å². The van der Waals surface area contributed by atoms with Crippen LogP contribution in [0.1, 0.15) is 54.0 Å². The van der Waals surface area contributed by atoms with Crippen molar-refractivity contribution >= 4 is 28.3 Å². The lowest BCUT2D eigenvalue weighted by molar-refractivity contribution is 0.146. The van der Waals surface area contributed by atoms with E-state index in [-0.39, 0.29) is 23.4 Å². The van der Waals surface area contributed by atoms with E-state index in [2.05, 4.69) is 15.5 Å². The van der Waals surface area contributed by atoms with E-state index < -0.39 is 12.1 Å². The molecule has 1 aliphatic carbocycles. The van der Waals surface area contributed by atoms with Crippen LogP contribution in [0, 0.1) is 12.8 Å². The van der Waals surface area contributed by atoms with Crippen molar-refractivity contribution < 1.29 is 13.3 Å². The number of nitrogens with zero attached hydrogens (tertiary/aromatic N) is 7. The molecule has 5 heterocycles. The molecule has 2 aliphatic heterocycles. The molecule has 204 valence electrons. The van der Waals surface area contributed by atoms with Gasteiger partial charge in [-0.3, -0.25) is 14.4 Å². The van der Waals surface area contributed by atoms with Crippen molar-refractivity contribution in [1.82, 2.24) is 29.7 Å². The molecule has 5 aromatic rings. The van der Waals surface area contributed by atoms with Crippen molar-refractivity contribution in [2.45, 2.75) is 38.2 Å². The number of alkyl halides is 2. The number of allylic oxidation sites excluding steroid dienone is 1. The number of aliphatic imine (C=N–C) groups is 1. The number of benzene rings is 2. The predicted octanol–water partition coefficient (Wildman–Crippen LogP) is 5.97. The summed E-state index contributed by atoms with van der Waals surface area (Å²) in [5, 5.41) is 12.8. The third-order valence-electron chi connectivity index (χ3n) is 8.17. The van der Waals surface area contributed by atoms with Crippen molar-refractivity contribution in [1.29, 1.82) is 0 Å². The van der Waals surface area contributed by atoms with Crippen LogP contribution in [0.4, 0.5) is 8.78 Å². The summed E-state index contributed by atoms with van der Waals surface area (Å²) in [5.41, 5.74) is 5.24. The van der Waals surface area contributed by atoms with Gasteiger partial charge in [-0.25, -0.2) is 18.4 Å². The maximum Gasteiger partial charge on any atom is 0.283 e. The lowest BCUT2D eigenvalue weighted by Crippen LogP contribution is -2.27. The van der Waals surface area contributed by atoms with E-state index in [1.807, 2.05) is 31.3 Å². The van der Waals surface area contributed by atoms with Gasteiger partial charge < -0.3 is 4.52 Å². The normalized spacial score (nSPS) is 20.9. The molecule has 0 spiro atoms. The van der Waals surface area contributed by atoms with Crippen molar-refractivity contribution in [3.63, 3.8) is 0 Å². The van der Waals surface area contributed by atoms with Gasteiger partial charge in [0.1, 0.15) is 11.5 Å². The molecule has 0 saturated heterocycles. The number of hydrogen-bond donors (Lipinski definition) is 0. The van der Waals surface area contributed by atoms with Crippen LogP contribution >= 0.6 is 11.6 Å². The minimum Gasteiger partial charge on any atom is -0.356 e. The number of rotatable bonds is 5. The van der Waals surface area contributed by atoms with Gasteiger partial charge in [-0.2, -0.15) is 0 Å². The largest absolute Gasteiger partial charge is 0.356 e. The first-order valence-corrected chi connectivity index (χ1v) is 13.5. The highest BCUT2D eigenvalue weighted by atomic mass is 35.5. The Kier molecular flexibility index (Phi) is 5.18. The molecule has 12 heteroatoms. The fourth-order valence-electron chi connectivity index (χ4n) is 6.13. The smallest absolute Gasteiger partial charge is 0.283 e. The Morgan fingerprint density at radius 3 is 2.85 bits per heavy atom. The molecule has 9 nitrogen and oxygen atoms in total. The van der Waals surface area contributed by atoms with Gasteiger partial charge in [-0.1, -0.05) is 28.0 Å². The predicted molar refractivity (Wildman–Crippen MR) is 147 cm³/mol. The second-order valence-electron chi connectivity index (χ2n) is 10.6. The van der Waals surface area contributed by atoms with Gasteiger partial charge in [-0.15, -0.1) is 5.10 Å². The van der Waals surface area contributed by atoms with Gasteiger partial charge in [-0.05, 0) is 55.2 Å². The molecule has 0 amide bonds. The maximum atomic E-state index is 13.6. The van der Waals surface area contributed by atoms with Crippen molar-refractivity contribution in [3.05, 3.63) is 98.6 Å². The first-order valence-electron chi connectivity index (χ1n) is 13.1. The van der Waals surface area contributed by atoms with E-state index in [0.29, 0.717) is 39.8 Å². The van der Waals surface area contributed by atoms with Crippen molar-refractivity contribution in [2.75, 3.05) is 0 Å². The second-order valence-corrected chi connectivity index (χ2v) is 11.1. The highest BCUT2D eigenvalue weighted by Gasteiger charge is 2.55. The third-order valence-corrected chi connectivity index (χ3v) is 8.41. The summed E-state index contributed by atoms with van der Waals surface area (Å²) >= 11 is 6.30. The van der Waals surface area contributed by atoms with Gasteiger partial charge in [0.25, 0.3) is 12.0 Å². The third kappa shape index (κ3) is 3.79. The highest BCUT2D eigenvalue weighted by molar-refractivity contribution is 6.31. The van der Waals surface area contributed by atoms with Crippen LogP contribution in [0.3, 0.4) is 0 Å². The SMILES string of the molecule is Cc1noc2cc(C3=NC=C(C4C5CC5c5nc(-c6cc(Cl)ccc6-n6cc(C(F)F)nn6)cc(=O)n54)C3)ccc12. The molecule has 0 bridgehead atoms. The monoisotopic (exact) mass is 571 g/mol. The topological polar surface area (TPSA) is 104 Å². The Hall–Kier alpha value is -4.51. The molecule has 3 unspecified atom stereocenters. The fourth-order valence-corrected chi connectivity index (χ4v) is 6.31. The Bertz CT molecular complexity index is 2030. The highest BCUT2D eigenvalue weighted by Crippen LogP contribution is 2.61. The minimum absolute atomic E-state index is 0.121. The number of hydrogen-bond acceptors (Lipinski definition) is 7. The molecule has 1 fully saturated rings. The number of aromatic nitrogens is 6. The van der Waals surface area contributed by atoms with Crippen LogP contribution in [-0.2, 0) is 0 Å². The van der Waals surface area contributed by atoms with Crippen molar-refractivity contribution in [2.24, 2.45) is 10.9 Å². The van der Waals surface area contributed by atoms with E-state index in [1.54, 1.807) is 22.8 Å². The molecular weight excluding hydrogens is 552 g/mol. The summed E-state index contributed by atoms with van der Waals surface area (Å²) in [7, 11) is 0. The van der Waals surface area contributed by atoms with Gasteiger partial charge in [0.05, 0.1) is 35.0 Å². The number of aryl methyl sites for hydroxylation is 1. The summed E-state index contributed by atoms with van der Waals surface area (Å²) in [5.74, 6) is 1.15. The lowest BCUT2D eigenvalue weighted by Gasteiger charge is -2.20. The maximum absolute atomic E-state index is 13.6. The molecule has 3 aliphatic rings. The standard InChI is InChI=1S/C29H20ClF2N7O2/c1-13-17-4-2-14(7-25(17)41-36-13)21-6-15(11-33-21)27-18-9-19(18)29-34-22(10-26(40)39(27)29)20-8-16(30)3-5-24(20)38-12-23(28(31)32)35-37-38/h2-5,7-8,10-12,18-19,27-28H,6,9H2,1H3. The molecule has 1 saturated carbocycles. The average Bonchev–Trinajstić information content (AvgIpc) is 3.36. The van der Waals surface area contributed by atoms with Gasteiger partial charge in [0, 0.05) is 46.1 Å². The summed E-state index contributed by atoms with van der Waals surface area (Å²) in [4.78, 5) is 23.3. The Balaban J connectivity index is 1.13. The zero-order valence-electron chi connectivity index (χ0n) is 21.5. The van der Waals surface area contributed by atoms with E-state index >= 15 is 0 Å². The number of halogens is 3. The molecule has 8 rings (SSSR count). The summed E-state index contributed by atoms with van der Waals surface area (Å²) in [6, 6.07) is 12.2. The molecular formula is C29H20ClF2N7O2. The lowest BCUT2D eigenvalue weighted by atomic mass is 9.97. The zero-order chi connectivity index (χ0) is 28.0. The minimum atomic E-state index is -2.75. The molecule has 2 aromatic carbocycles. The quantitative estimate of drug-likeness (QED) is 0.257. The molecule has 3 atom stereocenters. The van der Waals surface area contributed by atoms with Crippen LogP contribution in [0.2, 0.25) is 5.02 Å². The van der Waals surface area contributed by atoms with Crippen LogP contribution < -0.4 is 5.56 Å². The van der Waals surface area contributed by atoms with Crippen LogP contribution in [0.25, 0.3) is 27.9 Å². The van der Waals surface area contributed by atoms with Gasteiger partial charge in [0.15, 0.2) is 5.58 Å². The van der Waals surface area contributed by atoms with Gasteiger partial charge in [0.2, 0.25) is 0 Å². The summed E-state index contributed by atoms with van der Waals surface area (Å²) in [6.07, 6.45) is 1.84. The average molecular weight is 572 g/mol. The zero-order valence-corrected chi connectivity index (χ0v) is 22.3. The first-order chi connectivity index (χ1) is 19.9. The van der Waals surface area contributed by atoms with Gasteiger partial charge >= 0.3 is 0 Å². The Labute approximate surface area is 235 Å². The van der Waals surface area contributed by atoms with Crippen LogP contribution in [-0.4, -0.2) is 35.4 Å².